The zero-order chi connectivity index (χ0) is 17.9. The van der Waals surface area contributed by atoms with E-state index in [1.54, 1.807) is 0 Å². The van der Waals surface area contributed by atoms with Crippen LogP contribution in [-0.4, -0.2) is 25.0 Å². The van der Waals surface area contributed by atoms with Crippen molar-refractivity contribution < 1.29 is 19.1 Å². The number of benzene rings is 2. The summed E-state index contributed by atoms with van der Waals surface area (Å²) < 4.78 is 10.6. The lowest BCUT2D eigenvalue weighted by Crippen LogP contribution is -2.30. The van der Waals surface area contributed by atoms with Crippen LogP contribution in [0.1, 0.15) is 36.1 Å². The summed E-state index contributed by atoms with van der Waals surface area (Å²) in [6, 6.07) is 13.8. The minimum Gasteiger partial charge on any atom is -0.454 e. The smallest absolute Gasteiger partial charge is 0.261 e. The molecular weight excluding hydrogens is 332 g/mol. The second-order valence-corrected chi connectivity index (χ2v) is 6.38. The van der Waals surface area contributed by atoms with Crippen molar-refractivity contribution in [3.8, 4) is 11.5 Å². The van der Waals surface area contributed by atoms with Crippen molar-refractivity contribution in [3.63, 3.8) is 0 Å². The van der Waals surface area contributed by atoms with Crippen LogP contribution < -0.4 is 14.8 Å². The van der Waals surface area contributed by atoms with Crippen LogP contribution in [0.4, 0.5) is 0 Å². The molecule has 1 N–H and O–H groups in total. The van der Waals surface area contributed by atoms with Crippen molar-refractivity contribution in [2.24, 2.45) is 5.16 Å². The van der Waals surface area contributed by atoms with E-state index >= 15 is 0 Å². The Balaban J connectivity index is 1.31. The Labute approximate surface area is 151 Å². The third-order valence-corrected chi connectivity index (χ3v) is 4.66. The van der Waals surface area contributed by atoms with Crippen molar-refractivity contribution in [1.29, 1.82) is 0 Å². The maximum atomic E-state index is 12.1. The molecule has 1 aliphatic heterocycles. The lowest BCUT2D eigenvalue weighted by Gasteiger charge is -2.13. The van der Waals surface area contributed by atoms with Gasteiger partial charge in [-0.3, -0.25) is 4.79 Å². The second-order valence-electron chi connectivity index (χ2n) is 6.38. The molecule has 1 aliphatic carbocycles. The van der Waals surface area contributed by atoms with Crippen molar-refractivity contribution in [1.82, 2.24) is 5.32 Å². The van der Waals surface area contributed by atoms with Gasteiger partial charge < -0.3 is 19.6 Å². The van der Waals surface area contributed by atoms with Crippen molar-refractivity contribution in [3.05, 3.63) is 59.2 Å². The number of amides is 1. The molecule has 4 rings (SSSR count). The van der Waals surface area contributed by atoms with Gasteiger partial charge in [0.25, 0.3) is 5.91 Å². The molecule has 0 saturated heterocycles. The number of carbonyl (C=O) groups is 1. The molecule has 6 nitrogen and oxygen atoms in total. The molecular formula is C20H20N2O4. The first-order valence-corrected chi connectivity index (χ1v) is 8.64. The molecule has 26 heavy (non-hydrogen) atoms. The number of fused-ring (bicyclic) bond motifs is 2. The van der Waals surface area contributed by atoms with Crippen LogP contribution in [-0.2, 0) is 16.1 Å². The Morgan fingerprint density at radius 1 is 1.23 bits per heavy atom. The summed E-state index contributed by atoms with van der Waals surface area (Å²) in [5.41, 5.74) is 4.03. The Bertz CT molecular complexity index is 863. The highest BCUT2D eigenvalue weighted by atomic mass is 16.7. The van der Waals surface area contributed by atoms with Gasteiger partial charge in [0.05, 0.1) is 11.8 Å². The fraction of sp³-hybridized carbons (Fsp3) is 0.300. The predicted molar refractivity (Wildman–Crippen MR) is 96.4 cm³/mol. The van der Waals surface area contributed by atoms with Crippen molar-refractivity contribution in [2.45, 2.75) is 25.8 Å². The molecule has 0 aromatic heterocycles. The summed E-state index contributed by atoms with van der Waals surface area (Å²) in [6.45, 7) is 1.94. The molecule has 2 aromatic carbocycles. The minimum atomic E-state index is -0.172. The summed E-state index contributed by atoms with van der Waals surface area (Å²) in [5, 5.41) is 7.05. The summed E-state index contributed by atoms with van der Waals surface area (Å²) in [5.74, 6) is 1.24. The Hall–Kier alpha value is -3.02. The summed E-state index contributed by atoms with van der Waals surface area (Å²) >= 11 is 0. The Kier molecular flexibility index (Phi) is 4.48. The fourth-order valence-corrected chi connectivity index (χ4v) is 3.31. The third kappa shape index (κ3) is 3.35. The maximum Gasteiger partial charge on any atom is 0.261 e. The number of ether oxygens (including phenoxy) is 2. The van der Waals surface area contributed by atoms with E-state index < -0.39 is 0 Å². The van der Waals surface area contributed by atoms with Gasteiger partial charge in [0.15, 0.2) is 18.1 Å². The standard InChI is InChI=1S/C20H20N2O4/c1-13(15-7-9-18-19(10-15)25-12-24-18)22-26-11-20(23)21-17-8-6-14-4-2-3-5-16(14)17/h2-5,7,9-10,17H,6,8,11-12H2,1H3,(H,21,23)/b22-13+. The fourth-order valence-electron chi connectivity index (χ4n) is 3.31. The summed E-state index contributed by atoms with van der Waals surface area (Å²) in [6.07, 6.45) is 1.91. The number of nitrogens with zero attached hydrogens (tertiary/aromatic N) is 1. The van der Waals surface area contributed by atoms with Gasteiger partial charge in [0, 0.05) is 5.56 Å². The minimum absolute atomic E-state index is 0.0567. The molecule has 0 fully saturated rings. The molecule has 1 heterocycles. The van der Waals surface area contributed by atoms with Gasteiger partial charge in [0.1, 0.15) is 0 Å². The molecule has 0 bridgehead atoms. The van der Waals surface area contributed by atoms with E-state index in [9.17, 15) is 4.79 Å². The molecule has 2 aromatic rings. The average molecular weight is 352 g/mol. The summed E-state index contributed by atoms with van der Waals surface area (Å²) in [7, 11) is 0. The summed E-state index contributed by atoms with van der Waals surface area (Å²) in [4.78, 5) is 17.4. The number of hydrogen-bond acceptors (Lipinski definition) is 5. The highest BCUT2D eigenvalue weighted by molar-refractivity contribution is 5.99. The lowest BCUT2D eigenvalue weighted by molar-refractivity contribution is -0.126. The monoisotopic (exact) mass is 352 g/mol. The van der Waals surface area contributed by atoms with Crippen LogP contribution in [0, 0.1) is 0 Å². The molecule has 1 unspecified atom stereocenters. The van der Waals surface area contributed by atoms with E-state index in [0.717, 1.165) is 24.2 Å². The van der Waals surface area contributed by atoms with Gasteiger partial charge in [-0.05, 0) is 49.1 Å². The molecule has 0 radical (unpaired) electrons. The number of oxime groups is 1. The zero-order valence-corrected chi connectivity index (χ0v) is 14.5. The van der Waals surface area contributed by atoms with Crippen LogP contribution in [0.3, 0.4) is 0 Å². The van der Waals surface area contributed by atoms with Gasteiger partial charge in [-0.15, -0.1) is 0 Å². The van der Waals surface area contributed by atoms with E-state index in [1.165, 1.54) is 11.1 Å². The molecule has 0 saturated carbocycles. The molecule has 6 heteroatoms. The molecule has 2 aliphatic rings. The Morgan fingerprint density at radius 2 is 2.08 bits per heavy atom. The molecule has 0 spiro atoms. The lowest BCUT2D eigenvalue weighted by atomic mass is 10.1. The SMILES string of the molecule is C/C(=N\OCC(=O)NC1CCc2ccccc21)c1ccc2c(c1)OCO2. The van der Waals surface area contributed by atoms with E-state index in [1.807, 2.05) is 37.3 Å². The quantitative estimate of drug-likeness (QED) is 0.663. The Morgan fingerprint density at radius 3 is 3.00 bits per heavy atom. The van der Waals surface area contributed by atoms with Crippen LogP contribution in [0.15, 0.2) is 47.6 Å². The van der Waals surface area contributed by atoms with Crippen LogP contribution in [0.5, 0.6) is 11.5 Å². The first kappa shape index (κ1) is 16.4. The maximum absolute atomic E-state index is 12.1. The van der Waals surface area contributed by atoms with Gasteiger partial charge >= 0.3 is 0 Å². The van der Waals surface area contributed by atoms with Gasteiger partial charge in [-0.2, -0.15) is 0 Å². The number of hydrogen-bond donors (Lipinski definition) is 1. The average Bonchev–Trinajstić information content (AvgIpc) is 3.28. The third-order valence-electron chi connectivity index (χ3n) is 4.66. The second kappa shape index (κ2) is 7.07. The van der Waals surface area contributed by atoms with Crippen molar-refractivity contribution in [2.75, 3.05) is 13.4 Å². The predicted octanol–water partition coefficient (Wildman–Crippen LogP) is 2.96. The van der Waals surface area contributed by atoms with Gasteiger partial charge in [-0.25, -0.2) is 0 Å². The largest absolute Gasteiger partial charge is 0.454 e. The molecule has 1 amide bonds. The van der Waals surface area contributed by atoms with Gasteiger partial charge in [0.2, 0.25) is 6.79 Å². The first-order chi connectivity index (χ1) is 12.7. The van der Waals surface area contributed by atoms with Gasteiger partial charge in [-0.1, -0.05) is 29.4 Å². The van der Waals surface area contributed by atoms with Crippen LogP contribution in [0.25, 0.3) is 0 Å². The normalized spacial score (nSPS) is 17.7. The van der Waals surface area contributed by atoms with Crippen molar-refractivity contribution >= 4 is 11.6 Å². The number of nitrogens with one attached hydrogen (secondary N) is 1. The van der Waals surface area contributed by atoms with Crippen LogP contribution in [0.2, 0.25) is 0 Å². The highest BCUT2D eigenvalue weighted by Gasteiger charge is 2.23. The van der Waals surface area contributed by atoms with Crippen LogP contribution >= 0.6 is 0 Å². The number of carbonyl (C=O) groups excluding carboxylic acids is 1. The van der Waals surface area contributed by atoms with E-state index in [2.05, 4.69) is 22.6 Å². The van der Waals surface area contributed by atoms with E-state index in [0.29, 0.717) is 11.5 Å². The molecule has 134 valence electrons. The van der Waals surface area contributed by atoms with E-state index in [4.69, 9.17) is 14.3 Å². The zero-order valence-electron chi connectivity index (χ0n) is 14.5. The highest BCUT2D eigenvalue weighted by Crippen LogP contribution is 2.33. The molecule has 1 atom stereocenters. The van der Waals surface area contributed by atoms with E-state index in [-0.39, 0.29) is 25.3 Å². The first-order valence-electron chi connectivity index (χ1n) is 8.64. The number of rotatable bonds is 5. The number of aryl methyl sites for hydroxylation is 1. The topological polar surface area (TPSA) is 69.2 Å².